The fourth-order valence-corrected chi connectivity index (χ4v) is 5.36. The molecule has 0 saturated carbocycles. The van der Waals surface area contributed by atoms with Gasteiger partial charge in [0.25, 0.3) is 6.43 Å². The third-order valence-electron chi connectivity index (χ3n) is 5.93. The molecule has 0 spiro atoms. The van der Waals surface area contributed by atoms with Crippen molar-refractivity contribution in [2.24, 2.45) is 0 Å². The fourth-order valence-electron chi connectivity index (χ4n) is 4.26. The summed E-state index contributed by atoms with van der Waals surface area (Å²) in [6.45, 7) is 3.52. The van der Waals surface area contributed by atoms with Gasteiger partial charge in [0.05, 0.1) is 24.2 Å². The summed E-state index contributed by atoms with van der Waals surface area (Å²) in [5, 5.41) is 4.04. The van der Waals surface area contributed by atoms with Crippen molar-refractivity contribution in [2.75, 3.05) is 23.9 Å². The Kier molecular flexibility index (Phi) is 6.79. The van der Waals surface area contributed by atoms with Crippen LogP contribution in [0.3, 0.4) is 0 Å². The van der Waals surface area contributed by atoms with Gasteiger partial charge in [-0.25, -0.2) is 23.1 Å². The zero-order chi connectivity index (χ0) is 22.8. The number of ether oxygens (including phenoxy) is 1. The second-order valence-electron chi connectivity index (χ2n) is 8.03. The lowest BCUT2D eigenvalue weighted by Gasteiger charge is -2.24. The van der Waals surface area contributed by atoms with E-state index in [9.17, 15) is 13.2 Å². The molecule has 1 fully saturated rings. The molecule has 1 atom stereocenters. The molecule has 0 bridgehead atoms. The number of alkyl halides is 2. The Balaban J connectivity index is 1.76. The van der Waals surface area contributed by atoms with Crippen LogP contribution in [-0.2, 0) is 0 Å². The van der Waals surface area contributed by atoms with E-state index in [-0.39, 0.29) is 5.56 Å². The molecule has 1 N–H and O–H groups in total. The van der Waals surface area contributed by atoms with E-state index >= 15 is 0 Å². The Bertz CT molecular complexity index is 1120. The highest BCUT2D eigenvalue weighted by Crippen LogP contribution is 2.40. The first-order valence-electron chi connectivity index (χ1n) is 10.7. The molecular formula is C24H26F3N3OS. The third-order valence-corrected chi connectivity index (χ3v) is 6.98. The van der Waals surface area contributed by atoms with Crippen molar-refractivity contribution < 1.29 is 17.9 Å². The van der Waals surface area contributed by atoms with E-state index < -0.39 is 23.8 Å². The molecule has 1 aliphatic rings. The first-order chi connectivity index (χ1) is 15.4. The normalized spacial score (nSPS) is 15.8. The number of rotatable bonds is 6. The predicted octanol–water partition coefficient (Wildman–Crippen LogP) is 6.81. The van der Waals surface area contributed by atoms with E-state index in [2.05, 4.69) is 21.4 Å². The zero-order valence-corrected chi connectivity index (χ0v) is 19.1. The Morgan fingerprint density at radius 2 is 1.84 bits per heavy atom. The van der Waals surface area contributed by atoms with E-state index in [1.807, 2.05) is 17.8 Å². The highest BCUT2D eigenvalue weighted by molar-refractivity contribution is 7.99. The predicted molar refractivity (Wildman–Crippen MR) is 124 cm³/mol. The van der Waals surface area contributed by atoms with Gasteiger partial charge in [-0.05, 0) is 55.7 Å². The molecule has 170 valence electrons. The number of hydrogen-bond acceptors (Lipinski definition) is 5. The second kappa shape index (κ2) is 9.57. The summed E-state index contributed by atoms with van der Waals surface area (Å²) >= 11 is 1.96. The first-order valence-corrected chi connectivity index (χ1v) is 11.8. The number of thioether (sulfide) groups is 1. The number of anilines is 1. The van der Waals surface area contributed by atoms with Gasteiger partial charge in [0.2, 0.25) is 0 Å². The van der Waals surface area contributed by atoms with Crippen molar-refractivity contribution in [3.05, 3.63) is 58.7 Å². The summed E-state index contributed by atoms with van der Waals surface area (Å²) in [4.78, 5) is 9.12. The van der Waals surface area contributed by atoms with Crippen LogP contribution in [0.25, 0.3) is 10.9 Å². The van der Waals surface area contributed by atoms with Gasteiger partial charge in [0.1, 0.15) is 23.2 Å². The minimum absolute atomic E-state index is 0.172. The summed E-state index contributed by atoms with van der Waals surface area (Å²) in [5.74, 6) is 3.63. The molecule has 4 nitrogen and oxygen atoms in total. The minimum atomic E-state index is -2.87. The van der Waals surface area contributed by atoms with Crippen molar-refractivity contribution in [1.82, 2.24) is 9.97 Å². The molecule has 8 heteroatoms. The smallest absolute Gasteiger partial charge is 0.266 e. The molecule has 2 aromatic carbocycles. The molecule has 32 heavy (non-hydrogen) atoms. The maximum absolute atomic E-state index is 14.7. The highest BCUT2D eigenvalue weighted by atomic mass is 32.2. The molecule has 0 amide bonds. The monoisotopic (exact) mass is 461 g/mol. The van der Waals surface area contributed by atoms with E-state index in [1.54, 1.807) is 21.0 Å². The van der Waals surface area contributed by atoms with Gasteiger partial charge in [-0.1, -0.05) is 18.2 Å². The van der Waals surface area contributed by atoms with Crippen LogP contribution in [0.4, 0.5) is 19.0 Å². The molecule has 2 heterocycles. The number of benzene rings is 2. The van der Waals surface area contributed by atoms with Gasteiger partial charge in [0.15, 0.2) is 0 Å². The molecule has 1 unspecified atom stereocenters. The molecule has 1 aliphatic heterocycles. The summed E-state index contributed by atoms with van der Waals surface area (Å²) in [6.07, 6.45) is -0.721. The lowest BCUT2D eigenvalue weighted by molar-refractivity contribution is 0.146. The maximum atomic E-state index is 14.7. The van der Waals surface area contributed by atoms with Crippen molar-refractivity contribution in [3.8, 4) is 5.75 Å². The van der Waals surface area contributed by atoms with Crippen LogP contribution < -0.4 is 10.1 Å². The number of halogens is 3. The van der Waals surface area contributed by atoms with E-state index in [0.29, 0.717) is 17.6 Å². The van der Waals surface area contributed by atoms with Crippen molar-refractivity contribution in [3.63, 3.8) is 0 Å². The summed E-state index contributed by atoms with van der Waals surface area (Å²) in [7, 11) is 1.66. The molecule has 1 aromatic heterocycles. The molecule has 4 rings (SSSR count). The molecule has 0 radical (unpaired) electrons. The summed E-state index contributed by atoms with van der Waals surface area (Å²) in [5.41, 5.74) is 1.42. The zero-order valence-electron chi connectivity index (χ0n) is 18.3. The first kappa shape index (κ1) is 22.7. The Labute approximate surface area is 190 Å². The number of methoxy groups -OCH3 is 1. The number of fused-ring (bicyclic) bond motifs is 1. The Hall–Kier alpha value is -2.48. The van der Waals surface area contributed by atoms with Crippen LogP contribution in [0.2, 0.25) is 0 Å². The quantitative estimate of drug-likeness (QED) is 0.437. The fraction of sp³-hybridized carbons (Fsp3) is 0.417. The van der Waals surface area contributed by atoms with Crippen molar-refractivity contribution in [2.45, 2.75) is 45.1 Å². The van der Waals surface area contributed by atoms with Crippen molar-refractivity contribution in [1.29, 1.82) is 0 Å². The highest BCUT2D eigenvalue weighted by Gasteiger charge is 2.23. The second-order valence-corrected chi connectivity index (χ2v) is 9.26. The third kappa shape index (κ3) is 4.51. The number of hydrogen-bond donors (Lipinski definition) is 1. The van der Waals surface area contributed by atoms with Crippen LogP contribution in [-0.4, -0.2) is 28.6 Å². The van der Waals surface area contributed by atoms with Crippen LogP contribution in [0.5, 0.6) is 5.75 Å². The summed E-state index contributed by atoms with van der Waals surface area (Å²) < 4.78 is 46.7. The Morgan fingerprint density at radius 3 is 2.53 bits per heavy atom. The SMILES string of the molecule is COc1cc2nc(C)nc(NC(C)c3cccc(C(F)F)c3F)c2cc1C1CCSCC1. The largest absolute Gasteiger partial charge is 0.496 e. The molecule has 1 saturated heterocycles. The number of nitrogens with zero attached hydrogens (tertiary/aromatic N) is 2. The Morgan fingerprint density at radius 1 is 1.12 bits per heavy atom. The van der Waals surface area contributed by atoms with Gasteiger partial charge >= 0.3 is 0 Å². The van der Waals surface area contributed by atoms with Gasteiger partial charge < -0.3 is 10.1 Å². The topological polar surface area (TPSA) is 47.0 Å². The lowest BCUT2D eigenvalue weighted by Crippen LogP contribution is -2.13. The average Bonchev–Trinajstić information content (AvgIpc) is 2.78. The molecule has 0 aliphatic carbocycles. The van der Waals surface area contributed by atoms with Crippen molar-refractivity contribution >= 4 is 28.5 Å². The number of nitrogens with one attached hydrogen (secondary N) is 1. The lowest BCUT2D eigenvalue weighted by atomic mass is 9.91. The molecular weight excluding hydrogens is 435 g/mol. The number of aryl methyl sites for hydroxylation is 1. The van der Waals surface area contributed by atoms with E-state index in [0.717, 1.165) is 52.6 Å². The maximum Gasteiger partial charge on any atom is 0.266 e. The molecule has 3 aromatic rings. The summed E-state index contributed by atoms with van der Waals surface area (Å²) in [6, 6.07) is 7.50. The van der Waals surface area contributed by atoms with Crippen LogP contribution in [0.15, 0.2) is 30.3 Å². The van der Waals surface area contributed by atoms with Gasteiger partial charge in [-0.15, -0.1) is 0 Å². The average molecular weight is 462 g/mol. The van der Waals surface area contributed by atoms with Gasteiger partial charge in [-0.3, -0.25) is 0 Å². The van der Waals surface area contributed by atoms with Gasteiger partial charge in [-0.2, -0.15) is 11.8 Å². The number of aromatic nitrogens is 2. The van der Waals surface area contributed by atoms with Crippen LogP contribution in [0, 0.1) is 12.7 Å². The van der Waals surface area contributed by atoms with Gasteiger partial charge in [0, 0.05) is 17.0 Å². The van der Waals surface area contributed by atoms with Crippen LogP contribution >= 0.6 is 11.8 Å². The standard InChI is InChI=1S/C24H26F3N3OS/c1-13(16-5-4-6-17(22(16)25)23(26)27)28-24-19-11-18(15-7-9-32-10-8-15)21(31-3)12-20(19)29-14(2)30-24/h4-6,11-13,15,23H,7-10H2,1-3H3,(H,28,29,30). The van der Waals surface area contributed by atoms with E-state index in [1.165, 1.54) is 12.1 Å². The minimum Gasteiger partial charge on any atom is -0.496 e. The van der Waals surface area contributed by atoms with Crippen LogP contribution in [0.1, 0.15) is 60.7 Å². The van der Waals surface area contributed by atoms with E-state index in [4.69, 9.17) is 4.74 Å².